The molecule has 37 heavy (non-hydrogen) atoms. The number of carbonyl (C=O) groups excluding carboxylic acids is 2. The highest BCUT2D eigenvalue weighted by Gasteiger charge is 2.23. The molecule has 4 rings (SSSR count). The molecule has 0 atom stereocenters. The minimum atomic E-state index is 0.0163. The third-order valence-corrected chi connectivity index (χ3v) is 6.99. The van der Waals surface area contributed by atoms with Gasteiger partial charge in [-0.25, -0.2) is 4.99 Å². The lowest BCUT2D eigenvalue weighted by Gasteiger charge is -2.23. The maximum atomic E-state index is 13.4. The highest BCUT2D eigenvalue weighted by atomic mass is 16.5. The van der Waals surface area contributed by atoms with E-state index in [1.165, 1.54) is 0 Å². The molecule has 2 aliphatic rings. The highest BCUT2D eigenvalue weighted by molar-refractivity contribution is 6.06. The van der Waals surface area contributed by atoms with E-state index in [1.807, 2.05) is 52.3 Å². The predicted octanol–water partition coefficient (Wildman–Crippen LogP) is 5.41. The van der Waals surface area contributed by atoms with Crippen LogP contribution in [0.3, 0.4) is 0 Å². The minimum absolute atomic E-state index is 0.0163. The summed E-state index contributed by atoms with van der Waals surface area (Å²) in [5.41, 5.74) is 10.9. The molecule has 0 aliphatic carbocycles. The first-order valence-electron chi connectivity index (χ1n) is 13.4. The molecule has 7 nitrogen and oxygen atoms in total. The number of fused-ring (bicyclic) bond motifs is 1. The molecule has 0 spiro atoms. The summed E-state index contributed by atoms with van der Waals surface area (Å²) in [6, 6.07) is 11.5. The van der Waals surface area contributed by atoms with E-state index < -0.39 is 0 Å². The lowest BCUT2D eigenvalue weighted by atomic mass is 9.98. The first-order chi connectivity index (χ1) is 17.9. The van der Waals surface area contributed by atoms with Crippen molar-refractivity contribution < 1.29 is 14.3 Å². The molecular formula is C30H38N4O3. The maximum Gasteiger partial charge on any atom is 0.253 e. The fourth-order valence-corrected chi connectivity index (χ4v) is 4.99. The van der Waals surface area contributed by atoms with Crippen molar-refractivity contribution in [2.24, 2.45) is 10.7 Å². The van der Waals surface area contributed by atoms with Gasteiger partial charge in [-0.3, -0.25) is 9.59 Å². The topological polar surface area (TPSA) is 88.2 Å². The van der Waals surface area contributed by atoms with E-state index in [-0.39, 0.29) is 11.8 Å². The number of hydrogen-bond acceptors (Lipinski definition) is 5. The molecule has 2 heterocycles. The summed E-state index contributed by atoms with van der Waals surface area (Å²) in [6.07, 6.45) is 7.26. The molecule has 2 amide bonds. The average Bonchev–Trinajstić information content (AvgIpc) is 3.40. The van der Waals surface area contributed by atoms with Gasteiger partial charge in [0.05, 0.1) is 12.8 Å². The lowest BCUT2D eigenvalue weighted by Crippen LogP contribution is -2.34. The number of rotatable bonds is 9. The summed E-state index contributed by atoms with van der Waals surface area (Å²) in [5.74, 6) is 1.18. The highest BCUT2D eigenvalue weighted by Crippen LogP contribution is 2.39. The van der Waals surface area contributed by atoms with E-state index >= 15 is 0 Å². The molecule has 0 bridgehead atoms. The number of unbranched alkanes of at least 4 members (excludes halogenated alkanes) is 1. The molecule has 0 saturated carbocycles. The largest absolute Gasteiger partial charge is 0.496 e. The van der Waals surface area contributed by atoms with Gasteiger partial charge in [-0.05, 0) is 61.6 Å². The monoisotopic (exact) mass is 502 g/mol. The number of amidine groups is 1. The second-order valence-electron chi connectivity index (χ2n) is 9.78. The number of nitrogens with two attached hydrogens (primary N) is 1. The number of carbonyl (C=O) groups is 2. The first-order valence-corrected chi connectivity index (χ1v) is 13.4. The summed E-state index contributed by atoms with van der Waals surface area (Å²) >= 11 is 0. The molecule has 7 heteroatoms. The van der Waals surface area contributed by atoms with Crippen LogP contribution < -0.4 is 10.5 Å². The molecule has 1 saturated heterocycles. The van der Waals surface area contributed by atoms with Crippen LogP contribution in [-0.4, -0.2) is 60.7 Å². The zero-order valence-corrected chi connectivity index (χ0v) is 22.3. The average molecular weight is 503 g/mol. The van der Waals surface area contributed by atoms with Gasteiger partial charge in [0.25, 0.3) is 5.91 Å². The van der Waals surface area contributed by atoms with Crippen LogP contribution in [0.2, 0.25) is 0 Å². The molecule has 0 aromatic heterocycles. The van der Waals surface area contributed by atoms with Crippen LogP contribution in [0.15, 0.2) is 47.0 Å². The van der Waals surface area contributed by atoms with Crippen LogP contribution in [0.1, 0.15) is 68.3 Å². The first kappa shape index (κ1) is 26.5. The molecule has 196 valence electrons. The quantitative estimate of drug-likeness (QED) is 0.496. The Bertz CT molecular complexity index is 1190. The standard InChI is InChI=1S/C30H38N4O3/c1-4-6-14-33(13-5-2)30(36)24-17-23-18-27(37-3)25(20-26(23)32-28(31)19-24)21-9-11-22(12-10-21)29(35)34-15-7-8-16-34/h9-12,17-18,20H,4-8,13-16,19H2,1-3H3,(H2,31,32). The van der Waals surface area contributed by atoms with Gasteiger partial charge in [0.2, 0.25) is 5.91 Å². The van der Waals surface area contributed by atoms with Gasteiger partial charge < -0.3 is 20.3 Å². The molecule has 0 radical (unpaired) electrons. The van der Waals surface area contributed by atoms with Crippen molar-refractivity contribution >= 4 is 29.4 Å². The molecule has 2 aromatic carbocycles. The van der Waals surface area contributed by atoms with Gasteiger partial charge in [0.15, 0.2) is 0 Å². The lowest BCUT2D eigenvalue weighted by molar-refractivity contribution is -0.127. The third-order valence-electron chi connectivity index (χ3n) is 6.99. The van der Waals surface area contributed by atoms with Crippen molar-refractivity contribution in [3.8, 4) is 16.9 Å². The van der Waals surface area contributed by atoms with Crippen molar-refractivity contribution in [3.05, 3.63) is 53.1 Å². The normalized spacial score (nSPS) is 14.9. The number of likely N-dealkylation sites (tertiary alicyclic amines) is 1. The van der Waals surface area contributed by atoms with Crippen LogP contribution >= 0.6 is 0 Å². The van der Waals surface area contributed by atoms with Crippen LogP contribution in [0.4, 0.5) is 5.69 Å². The van der Waals surface area contributed by atoms with E-state index in [1.54, 1.807) is 7.11 Å². The van der Waals surface area contributed by atoms with Crippen molar-refractivity contribution in [2.75, 3.05) is 33.3 Å². The maximum absolute atomic E-state index is 13.4. The van der Waals surface area contributed by atoms with E-state index in [9.17, 15) is 9.59 Å². The zero-order chi connectivity index (χ0) is 26.4. The Hall–Kier alpha value is -3.61. The van der Waals surface area contributed by atoms with Crippen LogP contribution in [0.5, 0.6) is 5.75 Å². The Labute approximate surface area is 220 Å². The smallest absolute Gasteiger partial charge is 0.253 e. The Balaban J connectivity index is 1.66. The number of amides is 2. The fraction of sp³-hybridized carbons (Fsp3) is 0.433. The second kappa shape index (κ2) is 12.1. The summed E-state index contributed by atoms with van der Waals surface area (Å²) in [5, 5.41) is 0. The number of benzene rings is 2. The number of methoxy groups -OCH3 is 1. The van der Waals surface area contributed by atoms with E-state index in [0.29, 0.717) is 34.8 Å². The van der Waals surface area contributed by atoms with Crippen molar-refractivity contribution in [3.63, 3.8) is 0 Å². The molecule has 2 N–H and O–H groups in total. The minimum Gasteiger partial charge on any atom is -0.496 e. The van der Waals surface area contributed by atoms with Gasteiger partial charge in [-0.2, -0.15) is 0 Å². The molecule has 0 unspecified atom stereocenters. The van der Waals surface area contributed by atoms with Crippen LogP contribution in [-0.2, 0) is 4.79 Å². The zero-order valence-electron chi connectivity index (χ0n) is 22.3. The van der Waals surface area contributed by atoms with Crippen LogP contribution in [0, 0.1) is 0 Å². The Morgan fingerprint density at radius 3 is 2.43 bits per heavy atom. The predicted molar refractivity (Wildman–Crippen MR) is 149 cm³/mol. The summed E-state index contributed by atoms with van der Waals surface area (Å²) < 4.78 is 5.75. The molecular weight excluding hydrogens is 464 g/mol. The number of aliphatic imine (C=N–C) groups is 1. The summed E-state index contributed by atoms with van der Waals surface area (Å²) in [7, 11) is 1.63. The van der Waals surface area contributed by atoms with Gasteiger partial charge in [0, 0.05) is 54.9 Å². The number of hydrogen-bond donors (Lipinski definition) is 1. The van der Waals surface area contributed by atoms with Crippen molar-refractivity contribution in [1.29, 1.82) is 0 Å². The van der Waals surface area contributed by atoms with Crippen molar-refractivity contribution in [1.82, 2.24) is 9.80 Å². The van der Waals surface area contributed by atoms with E-state index in [2.05, 4.69) is 18.8 Å². The Morgan fingerprint density at radius 1 is 1.05 bits per heavy atom. The van der Waals surface area contributed by atoms with E-state index in [4.69, 9.17) is 10.5 Å². The Kier molecular flexibility index (Phi) is 8.64. The molecule has 2 aromatic rings. The van der Waals surface area contributed by atoms with Gasteiger partial charge >= 0.3 is 0 Å². The third kappa shape index (κ3) is 6.04. The molecule has 1 fully saturated rings. The summed E-state index contributed by atoms with van der Waals surface area (Å²) in [6.45, 7) is 7.32. The number of ether oxygens (including phenoxy) is 1. The SMILES string of the molecule is CCCCN(CCC)C(=O)C1=Cc2cc(OC)c(-c3ccc(C(=O)N4CCCC4)cc3)cc2N=C(N)C1. The summed E-state index contributed by atoms with van der Waals surface area (Å²) in [4.78, 5) is 34.6. The second-order valence-corrected chi connectivity index (χ2v) is 9.78. The van der Waals surface area contributed by atoms with Gasteiger partial charge in [0.1, 0.15) is 11.6 Å². The van der Waals surface area contributed by atoms with Crippen molar-refractivity contribution in [2.45, 2.75) is 52.4 Å². The van der Waals surface area contributed by atoms with E-state index in [0.717, 1.165) is 75.0 Å². The van der Waals surface area contributed by atoms with Gasteiger partial charge in [-0.1, -0.05) is 32.4 Å². The van der Waals surface area contributed by atoms with Gasteiger partial charge in [-0.15, -0.1) is 0 Å². The number of nitrogens with zero attached hydrogens (tertiary/aromatic N) is 3. The molecule has 2 aliphatic heterocycles. The van der Waals surface area contributed by atoms with Crippen LogP contribution in [0.25, 0.3) is 17.2 Å². The Morgan fingerprint density at radius 2 is 1.78 bits per heavy atom. The fourth-order valence-electron chi connectivity index (χ4n) is 4.99.